The highest BCUT2D eigenvalue weighted by atomic mass is 16.5. The molecule has 2 aromatic carbocycles. The van der Waals surface area contributed by atoms with Gasteiger partial charge in [-0.3, -0.25) is 19.3 Å². The third-order valence-electron chi connectivity index (χ3n) is 5.21. The van der Waals surface area contributed by atoms with E-state index in [4.69, 9.17) is 9.47 Å². The maximum absolute atomic E-state index is 12.8. The summed E-state index contributed by atoms with van der Waals surface area (Å²) in [6.07, 6.45) is 2.56. The minimum atomic E-state index is -0.350. The molecule has 1 saturated heterocycles. The maximum atomic E-state index is 12.8. The van der Waals surface area contributed by atoms with E-state index in [-0.39, 0.29) is 30.4 Å². The Morgan fingerprint density at radius 1 is 1.17 bits per heavy atom. The van der Waals surface area contributed by atoms with Gasteiger partial charge >= 0.3 is 0 Å². The van der Waals surface area contributed by atoms with Gasteiger partial charge in [0.2, 0.25) is 0 Å². The number of carbonyl (C=O) groups is 3. The summed E-state index contributed by atoms with van der Waals surface area (Å²) < 4.78 is 11.1. The number of imide groups is 1. The van der Waals surface area contributed by atoms with Crippen molar-refractivity contribution in [2.45, 2.75) is 32.3 Å². The van der Waals surface area contributed by atoms with Crippen molar-refractivity contribution in [1.82, 2.24) is 4.90 Å². The summed E-state index contributed by atoms with van der Waals surface area (Å²) in [5, 5.41) is 2.79. The quantitative estimate of drug-likeness (QED) is 0.709. The normalized spacial score (nSPS) is 17.9. The third kappa shape index (κ3) is 4.07. The molecule has 0 spiro atoms. The Kier molecular flexibility index (Phi) is 5.81. The summed E-state index contributed by atoms with van der Waals surface area (Å²) in [5.41, 5.74) is 1.56. The zero-order valence-corrected chi connectivity index (χ0v) is 16.8. The third-order valence-corrected chi connectivity index (χ3v) is 5.21. The molecule has 7 heteroatoms. The van der Waals surface area contributed by atoms with Gasteiger partial charge in [0, 0.05) is 17.9 Å². The first kappa shape index (κ1) is 20.1. The molecule has 3 amide bonds. The standard InChI is InChI=1S/C23H24N2O5/c1-2-10-29-17-6-3-5-15(12-17)21(26)24-16-8-9-19-20(13-16)23(28)25(22(19)27)14-18-7-4-11-30-18/h3,5-6,8-9,12-13,18H,2,4,7,10-11,14H2,1H3,(H,24,26). The van der Waals surface area contributed by atoms with Crippen LogP contribution in [0, 0.1) is 0 Å². The lowest BCUT2D eigenvalue weighted by Crippen LogP contribution is -2.36. The molecule has 4 rings (SSSR count). The predicted octanol–water partition coefficient (Wildman–Crippen LogP) is 3.50. The van der Waals surface area contributed by atoms with Gasteiger partial charge in [0.1, 0.15) is 5.75 Å². The molecule has 2 aromatic rings. The van der Waals surface area contributed by atoms with E-state index in [0.29, 0.717) is 41.3 Å². The Hall–Kier alpha value is -3.19. The largest absolute Gasteiger partial charge is 0.494 e. The van der Waals surface area contributed by atoms with E-state index in [0.717, 1.165) is 19.3 Å². The van der Waals surface area contributed by atoms with Crippen molar-refractivity contribution in [3.05, 3.63) is 59.2 Å². The Morgan fingerprint density at radius 3 is 2.77 bits per heavy atom. The number of nitrogens with one attached hydrogen (secondary N) is 1. The number of carbonyl (C=O) groups excluding carboxylic acids is 3. The Balaban J connectivity index is 1.47. The fourth-order valence-corrected chi connectivity index (χ4v) is 3.68. The molecule has 156 valence electrons. The van der Waals surface area contributed by atoms with E-state index < -0.39 is 0 Å². The molecule has 30 heavy (non-hydrogen) atoms. The van der Waals surface area contributed by atoms with Crippen LogP contribution in [0.1, 0.15) is 57.3 Å². The summed E-state index contributed by atoms with van der Waals surface area (Å²) in [6, 6.07) is 11.7. The van der Waals surface area contributed by atoms with Gasteiger partial charge < -0.3 is 14.8 Å². The average molecular weight is 408 g/mol. The number of hydrogen-bond acceptors (Lipinski definition) is 5. The number of fused-ring (bicyclic) bond motifs is 1. The van der Waals surface area contributed by atoms with Gasteiger partial charge in [0.15, 0.2) is 0 Å². The predicted molar refractivity (Wildman–Crippen MR) is 111 cm³/mol. The van der Waals surface area contributed by atoms with Crippen LogP contribution in [-0.4, -0.2) is 48.5 Å². The van der Waals surface area contributed by atoms with Gasteiger partial charge in [0.05, 0.1) is 30.4 Å². The fraction of sp³-hybridized carbons (Fsp3) is 0.348. The van der Waals surface area contributed by atoms with Crippen LogP contribution >= 0.6 is 0 Å². The zero-order chi connectivity index (χ0) is 21.1. The molecule has 0 aromatic heterocycles. The SMILES string of the molecule is CCCOc1cccc(C(=O)Nc2ccc3c(c2)C(=O)N(CC2CCCO2)C3=O)c1. The second-order valence-electron chi connectivity index (χ2n) is 7.45. The molecule has 7 nitrogen and oxygen atoms in total. The minimum absolute atomic E-state index is 0.103. The van der Waals surface area contributed by atoms with E-state index in [9.17, 15) is 14.4 Å². The molecule has 0 aliphatic carbocycles. The lowest BCUT2D eigenvalue weighted by Gasteiger charge is -2.17. The van der Waals surface area contributed by atoms with Gasteiger partial charge in [0.25, 0.3) is 17.7 Å². The number of rotatable bonds is 7. The van der Waals surface area contributed by atoms with Crippen LogP contribution < -0.4 is 10.1 Å². The van der Waals surface area contributed by atoms with Crippen molar-refractivity contribution in [3.63, 3.8) is 0 Å². The maximum Gasteiger partial charge on any atom is 0.261 e. The molecule has 1 fully saturated rings. The van der Waals surface area contributed by atoms with Crippen LogP contribution in [0.15, 0.2) is 42.5 Å². The molecule has 0 bridgehead atoms. The lowest BCUT2D eigenvalue weighted by molar-refractivity contribution is 0.0475. The summed E-state index contributed by atoms with van der Waals surface area (Å²) in [6.45, 7) is 3.51. The van der Waals surface area contributed by atoms with Gasteiger partial charge in [-0.2, -0.15) is 0 Å². The van der Waals surface area contributed by atoms with Crippen molar-refractivity contribution in [1.29, 1.82) is 0 Å². The smallest absolute Gasteiger partial charge is 0.261 e. The van der Waals surface area contributed by atoms with Crippen molar-refractivity contribution < 1.29 is 23.9 Å². The fourth-order valence-electron chi connectivity index (χ4n) is 3.68. The van der Waals surface area contributed by atoms with E-state index in [1.807, 2.05) is 6.92 Å². The number of ether oxygens (including phenoxy) is 2. The van der Waals surface area contributed by atoms with Gasteiger partial charge in [-0.25, -0.2) is 0 Å². The number of amides is 3. The molecule has 2 aliphatic rings. The Bertz CT molecular complexity index is 981. The molecule has 0 saturated carbocycles. The highest BCUT2D eigenvalue weighted by Crippen LogP contribution is 2.28. The molecule has 1 atom stereocenters. The summed E-state index contributed by atoms with van der Waals surface area (Å²) >= 11 is 0. The first-order valence-corrected chi connectivity index (χ1v) is 10.2. The number of nitrogens with zero attached hydrogens (tertiary/aromatic N) is 1. The van der Waals surface area contributed by atoms with Gasteiger partial charge in [-0.1, -0.05) is 13.0 Å². The first-order valence-electron chi connectivity index (χ1n) is 10.2. The molecule has 0 radical (unpaired) electrons. The van der Waals surface area contributed by atoms with E-state index in [2.05, 4.69) is 5.32 Å². The molecular weight excluding hydrogens is 384 g/mol. The van der Waals surface area contributed by atoms with Crippen molar-refractivity contribution in [2.75, 3.05) is 25.1 Å². The van der Waals surface area contributed by atoms with Crippen LogP contribution in [0.25, 0.3) is 0 Å². The van der Waals surface area contributed by atoms with Crippen LogP contribution in [-0.2, 0) is 4.74 Å². The number of benzene rings is 2. The number of hydrogen-bond donors (Lipinski definition) is 1. The van der Waals surface area contributed by atoms with E-state index >= 15 is 0 Å². The minimum Gasteiger partial charge on any atom is -0.494 e. The van der Waals surface area contributed by atoms with Gasteiger partial charge in [-0.15, -0.1) is 0 Å². The van der Waals surface area contributed by atoms with Crippen LogP contribution in [0.3, 0.4) is 0 Å². The van der Waals surface area contributed by atoms with Crippen molar-refractivity contribution in [2.24, 2.45) is 0 Å². The van der Waals surface area contributed by atoms with E-state index in [1.54, 1.807) is 42.5 Å². The molecular formula is C23H24N2O5. The molecule has 1 N–H and O–H groups in total. The second kappa shape index (κ2) is 8.67. The zero-order valence-electron chi connectivity index (χ0n) is 16.8. The summed E-state index contributed by atoms with van der Waals surface area (Å²) in [7, 11) is 0. The van der Waals surface area contributed by atoms with Gasteiger partial charge in [-0.05, 0) is 55.7 Å². The van der Waals surface area contributed by atoms with Crippen LogP contribution in [0.5, 0.6) is 5.75 Å². The topological polar surface area (TPSA) is 84.9 Å². The lowest BCUT2D eigenvalue weighted by atomic mass is 10.1. The highest BCUT2D eigenvalue weighted by Gasteiger charge is 2.37. The van der Waals surface area contributed by atoms with Crippen LogP contribution in [0.4, 0.5) is 5.69 Å². The summed E-state index contributed by atoms with van der Waals surface area (Å²) in [4.78, 5) is 39.3. The van der Waals surface area contributed by atoms with Crippen molar-refractivity contribution >= 4 is 23.4 Å². The Labute approximate surface area is 175 Å². The monoisotopic (exact) mass is 408 g/mol. The highest BCUT2D eigenvalue weighted by molar-refractivity contribution is 6.22. The second-order valence-corrected chi connectivity index (χ2v) is 7.45. The summed E-state index contributed by atoms with van der Waals surface area (Å²) in [5.74, 6) is -0.352. The number of anilines is 1. The van der Waals surface area contributed by atoms with E-state index in [1.165, 1.54) is 4.90 Å². The molecule has 1 unspecified atom stereocenters. The Morgan fingerprint density at radius 2 is 2.00 bits per heavy atom. The molecule has 2 aliphatic heterocycles. The first-order chi connectivity index (χ1) is 14.6. The molecule has 2 heterocycles. The van der Waals surface area contributed by atoms with Crippen molar-refractivity contribution in [3.8, 4) is 5.75 Å². The van der Waals surface area contributed by atoms with Crippen LogP contribution in [0.2, 0.25) is 0 Å². The average Bonchev–Trinajstić information content (AvgIpc) is 3.35.